The summed E-state index contributed by atoms with van der Waals surface area (Å²) in [7, 11) is -2.20. The molecular weight excluding hydrogens is 254 g/mol. The molecule has 100 valence electrons. The van der Waals surface area contributed by atoms with Gasteiger partial charge in [-0.1, -0.05) is 6.92 Å². The van der Waals surface area contributed by atoms with Crippen molar-refractivity contribution in [3.05, 3.63) is 17.9 Å². The summed E-state index contributed by atoms with van der Waals surface area (Å²) < 4.78 is 30.3. The number of furan rings is 1. The minimum atomic E-state index is -3.53. The van der Waals surface area contributed by atoms with E-state index in [1.165, 1.54) is 13.1 Å². The van der Waals surface area contributed by atoms with Crippen molar-refractivity contribution in [2.24, 2.45) is 0 Å². The van der Waals surface area contributed by atoms with Gasteiger partial charge in [-0.15, -0.1) is 0 Å². The molecule has 18 heavy (non-hydrogen) atoms. The molecule has 1 atom stereocenters. The molecule has 0 fully saturated rings. The predicted molar refractivity (Wildman–Crippen MR) is 66.1 cm³/mol. The second-order valence-electron chi connectivity index (χ2n) is 3.78. The molecule has 6 nitrogen and oxygen atoms in total. The van der Waals surface area contributed by atoms with Gasteiger partial charge in [-0.3, -0.25) is 0 Å². The molecule has 0 aliphatic rings. The van der Waals surface area contributed by atoms with Crippen LogP contribution in [0.15, 0.2) is 21.6 Å². The van der Waals surface area contributed by atoms with Gasteiger partial charge >= 0.3 is 0 Å². The maximum absolute atomic E-state index is 11.4. The van der Waals surface area contributed by atoms with Crippen molar-refractivity contribution in [2.45, 2.75) is 37.4 Å². The Morgan fingerprint density at radius 1 is 1.50 bits per heavy atom. The Balaban J connectivity index is 2.63. The summed E-state index contributed by atoms with van der Waals surface area (Å²) in [4.78, 5) is 0. The first-order valence-corrected chi connectivity index (χ1v) is 7.14. The summed E-state index contributed by atoms with van der Waals surface area (Å²) in [6.07, 6.45) is 1.24. The summed E-state index contributed by atoms with van der Waals surface area (Å²) in [5.41, 5.74) is 0. The van der Waals surface area contributed by atoms with Crippen molar-refractivity contribution >= 4 is 10.0 Å². The Bertz CT molecular complexity index is 516. The number of nitrogens with one attached hydrogen (secondary N) is 2. The van der Waals surface area contributed by atoms with E-state index >= 15 is 0 Å². The molecule has 0 saturated heterocycles. The van der Waals surface area contributed by atoms with E-state index in [4.69, 9.17) is 9.68 Å². The van der Waals surface area contributed by atoms with E-state index in [1.807, 2.05) is 6.92 Å². The van der Waals surface area contributed by atoms with Crippen LogP contribution in [0.3, 0.4) is 0 Å². The van der Waals surface area contributed by atoms with Gasteiger partial charge in [-0.05, 0) is 25.6 Å². The van der Waals surface area contributed by atoms with Crippen LogP contribution in [0.5, 0.6) is 0 Å². The molecule has 0 radical (unpaired) electrons. The summed E-state index contributed by atoms with van der Waals surface area (Å²) >= 11 is 0. The average Bonchev–Trinajstić information content (AvgIpc) is 2.84. The second kappa shape index (κ2) is 6.54. The zero-order chi connectivity index (χ0) is 13.6. The van der Waals surface area contributed by atoms with Crippen LogP contribution in [0.2, 0.25) is 0 Å². The lowest BCUT2D eigenvalue weighted by molar-refractivity contribution is 0.385. The predicted octanol–water partition coefficient (Wildman–Crippen LogP) is 0.970. The van der Waals surface area contributed by atoms with Gasteiger partial charge in [0, 0.05) is 6.04 Å². The standard InChI is InChI=1S/C11H17N3O3S/c1-3-9(6-7-12)14-8-10-4-5-11(17-10)18(15,16)13-2/h4-5,9,13-14H,3,6,8H2,1-2H3. The van der Waals surface area contributed by atoms with Gasteiger partial charge in [0.1, 0.15) is 5.76 Å². The summed E-state index contributed by atoms with van der Waals surface area (Å²) in [6, 6.07) is 5.20. The van der Waals surface area contributed by atoms with Crippen LogP contribution in [0, 0.1) is 11.3 Å². The molecule has 1 aromatic rings. The van der Waals surface area contributed by atoms with E-state index in [9.17, 15) is 8.42 Å². The lowest BCUT2D eigenvalue weighted by Gasteiger charge is -2.11. The number of nitriles is 1. The maximum atomic E-state index is 11.4. The molecule has 1 rings (SSSR count). The van der Waals surface area contributed by atoms with Gasteiger partial charge in [-0.2, -0.15) is 5.26 Å². The molecule has 0 bridgehead atoms. The molecule has 0 aliphatic carbocycles. The Kier molecular flexibility index (Phi) is 5.34. The number of sulfonamides is 1. The maximum Gasteiger partial charge on any atom is 0.273 e. The Morgan fingerprint density at radius 2 is 2.22 bits per heavy atom. The highest BCUT2D eigenvalue weighted by Crippen LogP contribution is 2.13. The van der Waals surface area contributed by atoms with Crippen molar-refractivity contribution in [3.63, 3.8) is 0 Å². The molecule has 7 heteroatoms. The molecular formula is C11H17N3O3S. The molecule has 1 heterocycles. The topological polar surface area (TPSA) is 95.1 Å². The van der Waals surface area contributed by atoms with Crippen molar-refractivity contribution in [1.29, 1.82) is 5.26 Å². The highest BCUT2D eigenvalue weighted by molar-refractivity contribution is 7.89. The van der Waals surface area contributed by atoms with E-state index in [2.05, 4.69) is 16.1 Å². The lowest BCUT2D eigenvalue weighted by atomic mass is 10.1. The van der Waals surface area contributed by atoms with Crippen LogP contribution in [-0.2, 0) is 16.6 Å². The quantitative estimate of drug-likeness (QED) is 0.770. The molecule has 0 amide bonds. The van der Waals surface area contributed by atoms with Crippen molar-refractivity contribution in [1.82, 2.24) is 10.0 Å². The van der Waals surface area contributed by atoms with Gasteiger partial charge in [-0.25, -0.2) is 13.1 Å². The number of hydrogen-bond acceptors (Lipinski definition) is 5. The largest absolute Gasteiger partial charge is 0.447 e. The second-order valence-corrected chi connectivity index (χ2v) is 5.59. The third-order valence-electron chi connectivity index (χ3n) is 2.57. The molecule has 0 aromatic carbocycles. The molecule has 0 aliphatic heterocycles. The van der Waals surface area contributed by atoms with E-state index in [0.29, 0.717) is 18.7 Å². The highest BCUT2D eigenvalue weighted by atomic mass is 32.2. The first kappa shape index (κ1) is 14.7. The Morgan fingerprint density at radius 3 is 2.78 bits per heavy atom. The van der Waals surface area contributed by atoms with Gasteiger partial charge in [0.15, 0.2) is 0 Å². The van der Waals surface area contributed by atoms with Crippen LogP contribution in [0.1, 0.15) is 25.5 Å². The van der Waals surface area contributed by atoms with Crippen LogP contribution >= 0.6 is 0 Å². The monoisotopic (exact) mass is 271 g/mol. The Hall–Kier alpha value is -1.36. The van der Waals surface area contributed by atoms with Gasteiger partial charge in [0.05, 0.1) is 19.0 Å². The third-order valence-corrected chi connectivity index (χ3v) is 3.85. The molecule has 0 spiro atoms. The summed E-state index contributed by atoms with van der Waals surface area (Å²) in [5.74, 6) is 0.528. The van der Waals surface area contributed by atoms with Crippen LogP contribution in [0.4, 0.5) is 0 Å². The smallest absolute Gasteiger partial charge is 0.273 e. The molecule has 1 aromatic heterocycles. The SMILES string of the molecule is CCC(CC#N)NCc1ccc(S(=O)(=O)NC)o1. The fraction of sp³-hybridized carbons (Fsp3) is 0.545. The lowest BCUT2D eigenvalue weighted by Crippen LogP contribution is -2.27. The van der Waals surface area contributed by atoms with Crippen LogP contribution in [0.25, 0.3) is 0 Å². The normalized spacial score (nSPS) is 13.2. The van der Waals surface area contributed by atoms with E-state index < -0.39 is 10.0 Å². The van der Waals surface area contributed by atoms with Gasteiger partial charge in [0.2, 0.25) is 5.09 Å². The number of nitrogens with zero attached hydrogens (tertiary/aromatic N) is 1. The van der Waals surface area contributed by atoms with Crippen molar-refractivity contribution in [3.8, 4) is 6.07 Å². The molecule has 1 unspecified atom stereocenters. The van der Waals surface area contributed by atoms with Crippen LogP contribution < -0.4 is 10.0 Å². The van der Waals surface area contributed by atoms with Gasteiger partial charge in [0.25, 0.3) is 10.0 Å². The Labute approximate surface area is 107 Å². The number of hydrogen-bond donors (Lipinski definition) is 2. The van der Waals surface area contributed by atoms with Crippen LogP contribution in [-0.4, -0.2) is 21.5 Å². The molecule has 2 N–H and O–H groups in total. The third kappa shape index (κ3) is 3.84. The first-order valence-electron chi connectivity index (χ1n) is 5.66. The minimum Gasteiger partial charge on any atom is -0.447 e. The van der Waals surface area contributed by atoms with E-state index in [1.54, 1.807) is 6.07 Å². The zero-order valence-corrected chi connectivity index (χ0v) is 11.3. The van der Waals surface area contributed by atoms with Gasteiger partial charge < -0.3 is 9.73 Å². The highest BCUT2D eigenvalue weighted by Gasteiger charge is 2.16. The fourth-order valence-electron chi connectivity index (χ4n) is 1.41. The number of rotatable bonds is 7. The van der Waals surface area contributed by atoms with E-state index in [-0.39, 0.29) is 11.1 Å². The average molecular weight is 271 g/mol. The first-order chi connectivity index (χ1) is 8.53. The summed E-state index contributed by atoms with van der Waals surface area (Å²) in [5, 5.41) is 11.6. The fourth-order valence-corrected chi connectivity index (χ4v) is 2.08. The summed E-state index contributed by atoms with van der Waals surface area (Å²) in [6.45, 7) is 2.38. The zero-order valence-electron chi connectivity index (χ0n) is 10.4. The molecule has 0 saturated carbocycles. The van der Waals surface area contributed by atoms with Crippen molar-refractivity contribution < 1.29 is 12.8 Å². The minimum absolute atomic E-state index is 0.0875. The van der Waals surface area contributed by atoms with E-state index in [0.717, 1.165) is 6.42 Å². The van der Waals surface area contributed by atoms with Crippen molar-refractivity contribution in [2.75, 3.05) is 7.05 Å².